The first-order chi connectivity index (χ1) is 12.9. The zero-order valence-corrected chi connectivity index (χ0v) is 21.0. The molecule has 0 aliphatic rings. The van der Waals surface area contributed by atoms with Crippen molar-refractivity contribution >= 4 is 11.4 Å². The Kier molecular flexibility index (Phi) is 6.19. The number of nitrogens with two attached hydrogens (primary N) is 1. The Morgan fingerprint density at radius 1 is 0.414 bits per heavy atom. The third-order valence-corrected chi connectivity index (χ3v) is 5.73. The second-order valence-corrected chi connectivity index (χ2v) is 12.7. The maximum atomic E-state index is 2.50. The molecule has 2 aromatic rings. The van der Waals surface area contributed by atoms with Crippen LogP contribution in [-0.2, 0) is 21.7 Å². The lowest BCUT2D eigenvalue weighted by Gasteiger charge is -2.31. The van der Waals surface area contributed by atoms with Gasteiger partial charge in [-0.3, -0.25) is 5.32 Å². The van der Waals surface area contributed by atoms with Gasteiger partial charge < -0.3 is 0 Å². The normalized spacial score (nSPS) is 13.7. The van der Waals surface area contributed by atoms with Gasteiger partial charge in [0.2, 0.25) is 0 Å². The summed E-state index contributed by atoms with van der Waals surface area (Å²) in [5.41, 5.74) is 8.85. The molecule has 0 unspecified atom stereocenters. The lowest BCUT2D eigenvalue weighted by molar-refractivity contribution is -0.482. The van der Waals surface area contributed by atoms with E-state index in [1.807, 2.05) is 0 Å². The van der Waals surface area contributed by atoms with Crippen molar-refractivity contribution in [1.82, 2.24) is 0 Å². The summed E-state index contributed by atoms with van der Waals surface area (Å²) >= 11 is 0. The van der Waals surface area contributed by atoms with Crippen LogP contribution in [0.25, 0.3) is 0 Å². The molecule has 2 aromatic carbocycles. The first-order valence-corrected chi connectivity index (χ1v) is 11.1. The molecule has 0 fully saturated rings. The summed E-state index contributed by atoms with van der Waals surface area (Å²) in [6.45, 7) is 27.9. The van der Waals surface area contributed by atoms with Crippen LogP contribution < -0.4 is 5.32 Å². The van der Waals surface area contributed by atoms with Gasteiger partial charge in [0, 0.05) is 22.3 Å². The van der Waals surface area contributed by atoms with Gasteiger partial charge >= 0.3 is 0 Å². The Hall–Kier alpha value is -1.60. The topological polar surface area (TPSA) is 16.6 Å². The molecule has 29 heavy (non-hydrogen) atoms. The van der Waals surface area contributed by atoms with Crippen LogP contribution in [0, 0.1) is 0 Å². The first kappa shape index (κ1) is 23.7. The minimum absolute atomic E-state index is 0.0890. The lowest BCUT2D eigenvalue weighted by Crippen LogP contribution is -2.74. The predicted molar refractivity (Wildman–Crippen MR) is 129 cm³/mol. The van der Waals surface area contributed by atoms with Crippen molar-refractivity contribution in [2.75, 3.05) is 0 Å². The van der Waals surface area contributed by atoms with Crippen molar-refractivity contribution in [1.29, 1.82) is 0 Å². The van der Waals surface area contributed by atoms with Crippen molar-refractivity contribution in [2.24, 2.45) is 0 Å². The molecule has 2 N–H and O–H groups in total. The molecule has 1 heteroatoms. The maximum Gasteiger partial charge on any atom is 0.142 e. The lowest BCUT2D eigenvalue weighted by atomic mass is 9.76. The van der Waals surface area contributed by atoms with Crippen LogP contribution in [0.3, 0.4) is 0 Å². The van der Waals surface area contributed by atoms with Crippen molar-refractivity contribution in [2.45, 2.75) is 105 Å². The van der Waals surface area contributed by atoms with E-state index in [1.165, 1.54) is 33.6 Å². The molecule has 1 nitrogen and oxygen atoms in total. The number of rotatable bonds is 2. The molecule has 0 aromatic heterocycles. The van der Waals surface area contributed by atoms with E-state index in [2.05, 4.69) is 125 Å². The molecule has 0 saturated carbocycles. The minimum Gasteiger partial charge on any atom is -0.281 e. The standard InChI is InChI=1S/C28H43N/c1-25(2,3)19-15-13-16-20(26(4,5)6)23(19)29-24-21(27(7,8)9)17-14-18-22(24)28(10,11)12/h13-18,29H,1-12H3/p+1. The van der Waals surface area contributed by atoms with Gasteiger partial charge in [-0.2, -0.15) is 0 Å². The summed E-state index contributed by atoms with van der Waals surface area (Å²) < 4.78 is 0. The van der Waals surface area contributed by atoms with Crippen LogP contribution in [0.15, 0.2) is 36.4 Å². The van der Waals surface area contributed by atoms with Crippen LogP contribution in [0.4, 0.5) is 11.4 Å². The second kappa shape index (κ2) is 7.58. The van der Waals surface area contributed by atoms with Crippen LogP contribution in [0.5, 0.6) is 0 Å². The number of quaternary nitrogens is 1. The summed E-state index contributed by atoms with van der Waals surface area (Å²) in [6, 6.07) is 13.7. The summed E-state index contributed by atoms with van der Waals surface area (Å²) in [7, 11) is 0. The summed E-state index contributed by atoms with van der Waals surface area (Å²) in [5.74, 6) is 0. The van der Waals surface area contributed by atoms with Crippen molar-refractivity contribution in [3.63, 3.8) is 0 Å². The second-order valence-electron chi connectivity index (χ2n) is 12.7. The third-order valence-electron chi connectivity index (χ3n) is 5.73. The van der Waals surface area contributed by atoms with Crippen LogP contribution in [0.1, 0.15) is 105 Å². The molecule has 0 saturated heterocycles. The Morgan fingerprint density at radius 3 is 0.793 bits per heavy atom. The van der Waals surface area contributed by atoms with Gasteiger partial charge in [0.1, 0.15) is 11.4 Å². The smallest absolute Gasteiger partial charge is 0.142 e. The molecule has 0 atom stereocenters. The molecule has 0 radical (unpaired) electrons. The number of hydrogen-bond acceptors (Lipinski definition) is 0. The van der Waals surface area contributed by atoms with Gasteiger partial charge in [0.15, 0.2) is 0 Å². The van der Waals surface area contributed by atoms with E-state index >= 15 is 0 Å². The first-order valence-electron chi connectivity index (χ1n) is 11.1. The zero-order valence-electron chi connectivity index (χ0n) is 21.0. The van der Waals surface area contributed by atoms with E-state index < -0.39 is 0 Å². The molecule has 0 aliphatic carbocycles. The molecule has 160 valence electrons. The Labute approximate surface area is 180 Å². The fourth-order valence-corrected chi connectivity index (χ4v) is 4.20. The molecule has 0 aliphatic heterocycles. The van der Waals surface area contributed by atoms with E-state index in [1.54, 1.807) is 0 Å². The average Bonchev–Trinajstić information content (AvgIpc) is 2.51. The highest BCUT2D eigenvalue weighted by Gasteiger charge is 2.33. The highest BCUT2D eigenvalue weighted by molar-refractivity contribution is 5.59. The fourth-order valence-electron chi connectivity index (χ4n) is 4.20. The minimum atomic E-state index is 0.0890. The van der Waals surface area contributed by atoms with E-state index in [0.717, 1.165) is 0 Å². The van der Waals surface area contributed by atoms with Gasteiger partial charge in [-0.05, 0) is 21.7 Å². The van der Waals surface area contributed by atoms with Gasteiger partial charge in [-0.1, -0.05) is 119 Å². The fraction of sp³-hybridized carbons (Fsp3) is 0.571. The van der Waals surface area contributed by atoms with Gasteiger partial charge in [0.25, 0.3) is 0 Å². The zero-order chi connectivity index (χ0) is 22.4. The van der Waals surface area contributed by atoms with Gasteiger partial charge in [-0.25, -0.2) is 0 Å². The summed E-state index contributed by atoms with van der Waals surface area (Å²) in [5, 5.41) is 2.50. The Balaban J connectivity index is 2.88. The highest BCUT2D eigenvalue weighted by Crippen LogP contribution is 2.39. The van der Waals surface area contributed by atoms with Gasteiger partial charge in [-0.15, -0.1) is 0 Å². The van der Waals surface area contributed by atoms with E-state index in [0.29, 0.717) is 0 Å². The Morgan fingerprint density at radius 2 is 0.621 bits per heavy atom. The molecule has 0 spiro atoms. The largest absolute Gasteiger partial charge is 0.281 e. The summed E-state index contributed by atoms with van der Waals surface area (Å²) in [4.78, 5) is 0. The number of hydrogen-bond donors (Lipinski definition) is 1. The number of para-hydroxylation sites is 2. The molecular formula is C28H44N+. The summed E-state index contributed by atoms with van der Waals surface area (Å²) in [6.07, 6.45) is 0. The SMILES string of the molecule is CC(C)(C)c1cccc(C(C)(C)C)c1[NH2+]c1c(C(C)(C)C)cccc1C(C)(C)C. The maximum absolute atomic E-state index is 2.50. The van der Waals surface area contributed by atoms with Crippen molar-refractivity contribution in [3.8, 4) is 0 Å². The van der Waals surface area contributed by atoms with Crippen LogP contribution in [-0.4, -0.2) is 0 Å². The Bertz CT molecular complexity index is 721. The molecule has 0 amide bonds. The monoisotopic (exact) mass is 394 g/mol. The third kappa shape index (κ3) is 5.31. The molecule has 0 heterocycles. The van der Waals surface area contributed by atoms with E-state index in [-0.39, 0.29) is 21.7 Å². The van der Waals surface area contributed by atoms with Crippen molar-refractivity contribution < 1.29 is 5.32 Å². The molecular weight excluding hydrogens is 350 g/mol. The molecule has 0 bridgehead atoms. The van der Waals surface area contributed by atoms with E-state index in [9.17, 15) is 0 Å². The van der Waals surface area contributed by atoms with Crippen molar-refractivity contribution in [3.05, 3.63) is 58.7 Å². The van der Waals surface area contributed by atoms with Crippen LogP contribution >= 0.6 is 0 Å². The van der Waals surface area contributed by atoms with Crippen LogP contribution in [0.2, 0.25) is 0 Å². The number of benzene rings is 2. The quantitative estimate of drug-likeness (QED) is 0.511. The predicted octanol–water partition coefficient (Wildman–Crippen LogP) is 7.40. The highest BCUT2D eigenvalue weighted by atomic mass is 14.9. The molecule has 2 rings (SSSR count). The van der Waals surface area contributed by atoms with Gasteiger partial charge in [0.05, 0.1) is 0 Å². The average molecular weight is 395 g/mol. The van der Waals surface area contributed by atoms with E-state index in [4.69, 9.17) is 0 Å².